The van der Waals surface area contributed by atoms with Crippen molar-refractivity contribution in [3.8, 4) is 0 Å². The van der Waals surface area contributed by atoms with E-state index < -0.39 is 5.82 Å². The summed E-state index contributed by atoms with van der Waals surface area (Å²) in [5.41, 5.74) is 3.25. The van der Waals surface area contributed by atoms with Crippen molar-refractivity contribution in [1.82, 2.24) is 5.43 Å². The van der Waals surface area contributed by atoms with Crippen LogP contribution in [-0.2, 0) is 4.74 Å². The molecule has 1 aliphatic rings. The molecule has 1 heterocycles. The summed E-state index contributed by atoms with van der Waals surface area (Å²) < 4.78 is 20.3. The van der Waals surface area contributed by atoms with Crippen molar-refractivity contribution in [2.24, 2.45) is 17.7 Å². The lowest BCUT2D eigenvalue weighted by atomic mass is 9.81. The lowest BCUT2D eigenvalue weighted by molar-refractivity contribution is 0.0101. The summed E-state index contributed by atoms with van der Waals surface area (Å²) in [4.78, 5) is 0. The summed E-state index contributed by atoms with van der Waals surface area (Å²) in [6.07, 6.45) is 0.850. The first-order chi connectivity index (χ1) is 9.06. The van der Waals surface area contributed by atoms with Crippen LogP contribution in [0.1, 0.15) is 24.9 Å². The molecule has 0 aliphatic carbocycles. The van der Waals surface area contributed by atoms with E-state index in [1.54, 1.807) is 12.1 Å². The van der Waals surface area contributed by atoms with Gasteiger partial charge < -0.3 is 4.74 Å². The lowest BCUT2D eigenvalue weighted by Crippen LogP contribution is -2.40. The molecule has 0 bridgehead atoms. The number of nitrogens with one attached hydrogen (secondary N) is 1. The molecule has 1 saturated heterocycles. The van der Waals surface area contributed by atoms with Crippen LogP contribution in [0.5, 0.6) is 0 Å². The van der Waals surface area contributed by atoms with E-state index in [9.17, 15) is 4.39 Å². The van der Waals surface area contributed by atoms with E-state index in [0.717, 1.165) is 6.42 Å². The van der Waals surface area contributed by atoms with Crippen LogP contribution in [-0.4, -0.2) is 13.2 Å². The zero-order chi connectivity index (χ0) is 14.0. The number of hydrogen-bond acceptors (Lipinski definition) is 3. The van der Waals surface area contributed by atoms with Crippen molar-refractivity contribution in [3.63, 3.8) is 0 Å². The Balaban J connectivity index is 2.34. The zero-order valence-corrected chi connectivity index (χ0v) is 13.0. The number of hydrogen-bond donors (Lipinski definition) is 2. The Bertz CT molecular complexity index is 461. The number of ether oxygens (including phenoxy) is 1. The molecule has 6 heteroatoms. The minimum absolute atomic E-state index is 0.0949. The van der Waals surface area contributed by atoms with Crippen LogP contribution in [0, 0.1) is 17.7 Å². The molecule has 0 spiro atoms. The Kier molecular flexibility index (Phi) is 5.20. The van der Waals surface area contributed by atoms with Crippen LogP contribution < -0.4 is 11.3 Å². The molecule has 1 aromatic carbocycles. The quantitative estimate of drug-likeness (QED) is 0.498. The Labute approximate surface area is 125 Å². The van der Waals surface area contributed by atoms with Gasteiger partial charge in [0, 0.05) is 23.2 Å². The third-order valence-electron chi connectivity index (χ3n) is 3.71. The summed E-state index contributed by atoms with van der Waals surface area (Å²) in [5, 5.41) is 0.0949. The van der Waals surface area contributed by atoms with Crippen molar-refractivity contribution in [2.45, 2.75) is 19.4 Å². The molecular weight excluding hydrogens is 335 g/mol. The molecule has 106 valence electrons. The fraction of sp³-hybridized carbons (Fsp3) is 0.538. The van der Waals surface area contributed by atoms with Crippen molar-refractivity contribution in [2.75, 3.05) is 13.2 Å². The Morgan fingerprint density at radius 3 is 2.95 bits per heavy atom. The first-order valence-electron chi connectivity index (χ1n) is 6.23. The van der Waals surface area contributed by atoms with Gasteiger partial charge in [-0.15, -0.1) is 0 Å². The number of halogens is 3. The molecule has 1 fully saturated rings. The second-order valence-corrected chi connectivity index (χ2v) is 6.15. The molecule has 0 saturated carbocycles. The summed E-state index contributed by atoms with van der Waals surface area (Å²) in [7, 11) is 0. The van der Waals surface area contributed by atoms with Gasteiger partial charge in [-0.1, -0.05) is 24.6 Å². The summed E-state index contributed by atoms with van der Waals surface area (Å²) in [5.74, 6) is 5.77. The van der Waals surface area contributed by atoms with Crippen LogP contribution >= 0.6 is 27.5 Å². The fourth-order valence-electron chi connectivity index (χ4n) is 2.62. The van der Waals surface area contributed by atoms with Gasteiger partial charge in [-0.2, -0.15) is 0 Å². The van der Waals surface area contributed by atoms with Gasteiger partial charge in [0.15, 0.2) is 0 Å². The normalized spacial score (nSPS) is 25.3. The van der Waals surface area contributed by atoms with Gasteiger partial charge in [0.1, 0.15) is 5.82 Å². The van der Waals surface area contributed by atoms with Gasteiger partial charge in [0.05, 0.1) is 11.1 Å². The van der Waals surface area contributed by atoms with E-state index in [2.05, 4.69) is 28.3 Å². The van der Waals surface area contributed by atoms with Crippen LogP contribution in [0.3, 0.4) is 0 Å². The van der Waals surface area contributed by atoms with Gasteiger partial charge in [0.25, 0.3) is 0 Å². The first-order valence-corrected chi connectivity index (χ1v) is 7.40. The van der Waals surface area contributed by atoms with E-state index >= 15 is 0 Å². The molecule has 3 nitrogen and oxygen atoms in total. The molecule has 1 aliphatic heterocycles. The van der Waals surface area contributed by atoms with Gasteiger partial charge in [0.2, 0.25) is 0 Å². The molecule has 3 N–H and O–H groups in total. The van der Waals surface area contributed by atoms with Crippen molar-refractivity contribution < 1.29 is 9.13 Å². The molecule has 1 aromatic rings. The number of benzene rings is 1. The second kappa shape index (κ2) is 6.50. The minimum Gasteiger partial charge on any atom is -0.381 e. The minimum atomic E-state index is -0.419. The molecule has 0 aromatic heterocycles. The largest absolute Gasteiger partial charge is 0.381 e. The van der Waals surface area contributed by atoms with E-state index in [-0.39, 0.29) is 17.0 Å². The molecule has 19 heavy (non-hydrogen) atoms. The number of nitrogens with two attached hydrogens (primary N) is 1. The Hall–Kier alpha value is -0.200. The molecule has 3 unspecified atom stereocenters. The van der Waals surface area contributed by atoms with Gasteiger partial charge in [-0.25, -0.2) is 4.39 Å². The smallest absolute Gasteiger partial charge is 0.147 e. The molecule has 3 atom stereocenters. The predicted molar refractivity (Wildman–Crippen MR) is 77.3 cm³/mol. The fourth-order valence-corrected chi connectivity index (χ4v) is 3.10. The third-order valence-corrected chi connectivity index (χ3v) is 4.97. The maximum Gasteiger partial charge on any atom is 0.147 e. The first kappa shape index (κ1) is 15.2. The second-order valence-electron chi connectivity index (χ2n) is 4.91. The predicted octanol–water partition coefficient (Wildman–Crippen LogP) is 3.42. The number of hydrazine groups is 1. The highest BCUT2D eigenvalue weighted by molar-refractivity contribution is 9.10. The highest BCUT2D eigenvalue weighted by Gasteiger charge is 2.32. The van der Waals surface area contributed by atoms with E-state index in [1.807, 2.05) is 0 Å². The summed E-state index contributed by atoms with van der Waals surface area (Å²) in [6.45, 7) is 3.44. The van der Waals surface area contributed by atoms with Crippen molar-refractivity contribution >= 4 is 27.5 Å². The Morgan fingerprint density at radius 1 is 1.58 bits per heavy atom. The highest BCUT2D eigenvalue weighted by Crippen LogP contribution is 2.37. The van der Waals surface area contributed by atoms with Crippen molar-refractivity contribution in [1.29, 1.82) is 0 Å². The summed E-state index contributed by atoms with van der Waals surface area (Å²) in [6, 6.07) is 3.21. The highest BCUT2D eigenvalue weighted by atomic mass is 79.9. The van der Waals surface area contributed by atoms with Gasteiger partial charge in [-0.3, -0.25) is 11.3 Å². The average Bonchev–Trinajstić information content (AvgIpc) is 2.41. The van der Waals surface area contributed by atoms with Gasteiger partial charge >= 0.3 is 0 Å². The van der Waals surface area contributed by atoms with E-state index in [1.165, 1.54) is 0 Å². The maximum atomic E-state index is 14.3. The van der Waals surface area contributed by atoms with E-state index in [0.29, 0.717) is 29.2 Å². The van der Waals surface area contributed by atoms with Gasteiger partial charge in [-0.05, 0) is 40.3 Å². The lowest BCUT2D eigenvalue weighted by Gasteiger charge is -2.35. The standard InChI is InChI=1S/C13H17BrClFN2O/c1-7-6-19-5-4-8(7)13(18-17)9-2-3-10(14)11(15)12(9)16/h2-3,7-8,13,18H,4-6,17H2,1H3. The van der Waals surface area contributed by atoms with Crippen LogP contribution in [0.25, 0.3) is 0 Å². The third kappa shape index (κ3) is 3.11. The monoisotopic (exact) mass is 350 g/mol. The van der Waals surface area contributed by atoms with Crippen LogP contribution in [0.15, 0.2) is 16.6 Å². The molecular formula is C13H17BrClFN2O. The Morgan fingerprint density at radius 2 is 2.32 bits per heavy atom. The molecule has 2 rings (SSSR count). The number of rotatable bonds is 3. The van der Waals surface area contributed by atoms with E-state index in [4.69, 9.17) is 22.2 Å². The average molecular weight is 352 g/mol. The van der Waals surface area contributed by atoms with Crippen LogP contribution in [0.4, 0.5) is 4.39 Å². The maximum absolute atomic E-state index is 14.3. The zero-order valence-electron chi connectivity index (χ0n) is 10.6. The molecule has 0 radical (unpaired) electrons. The SMILES string of the molecule is CC1COCCC1C(NN)c1ccc(Br)c(Cl)c1F. The molecule has 0 amide bonds. The summed E-state index contributed by atoms with van der Waals surface area (Å²) >= 11 is 9.16. The topological polar surface area (TPSA) is 47.3 Å². The van der Waals surface area contributed by atoms with Crippen LogP contribution in [0.2, 0.25) is 5.02 Å². The van der Waals surface area contributed by atoms with Crippen molar-refractivity contribution in [3.05, 3.63) is 33.0 Å².